The molecule has 0 aliphatic rings. The number of hydrogen-bond donors (Lipinski definition) is 1. The van der Waals surface area contributed by atoms with Crippen LogP contribution in [0.25, 0.3) is 21.3 Å². The van der Waals surface area contributed by atoms with E-state index in [1.54, 1.807) is 23.5 Å². The number of fused-ring (bicyclic) bond motifs is 1. The number of non-ortho nitro benzene ring substituents is 1. The normalized spacial score (nSPS) is 10.9. The van der Waals surface area contributed by atoms with Crippen molar-refractivity contribution in [1.29, 1.82) is 0 Å². The maximum absolute atomic E-state index is 11.0. The van der Waals surface area contributed by atoms with Crippen LogP contribution in [0.5, 0.6) is 0 Å². The van der Waals surface area contributed by atoms with Crippen LogP contribution in [0.3, 0.4) is 0 Å². The summed E-state index contributed by atoms with van der Waals surface area (Å²) in [6.45, 7) is 4.16. The summed E-state index contributed by atoms with van der Waals surface area (Å²) in [6.07, 6.45) is 1.50. The number of aryl methyl sites for hydroxylation is 2. The molecule has 0 saturated heterocycles. The third kappa shape index (κ3) is 3.24. The minimum absolute atomic E-state index is 0.0326. The Hall–Kier alpha value is -3.32. The fraction of sp³-hybridized carbons (Fsp3) is 0.100. The molecular weight excluding hydrogens is 360 g/mol. The highest BCUT2D eigenvalue weighted by Gasteiger charge is 2.15. The van der Waals surface area contributed by atoms with E-state index < -0.39 is 4.92 Å². The molecule has 134 valence electrons. The monoisotopic (exact) mass is 376 g/mol. The molecule has 0 bridgehead atoms. The second-order valence-electron chi connectivity index (χ2n) is 6.30. The summed E-state index contributed by atoms with van der Waals surface area (Å²) in [4.78, 5) is 20.3. The summed E-state index contributed by atoms with van der Waals surface area (Å²) < 4.78 is 0. The number of nitrogens with one attached hydrogen (secondary N) is 1. The van der Waals surface area contributed by atoms with Crippen molar-refractivity contribution in [3.8, 4) is 11.1 Å². The van der Waals surface area contributed by atoms with Crippen LogP contribution in [-0.4, -0.2) is 14.9 Å². The molecule has 2 heterocycles. The Morgan fingerprint density at radius 1 is 1.07 bits per heavy atom. The molecule has 0 aliphatic heterocycles. The molecule has 2 aromatic carbocycles. The van der Waals surface area contributed by atoms with E-state index in [0.717, 1.165) is 21.3 Å². The maximum atomic E-state index is 11.0. The van der Waals surface area contributed by atoms with Crippen LogP contribution >= 0.6 is 11.3 Å². The Morgan fingerprint density at radius 2 is 1.93 bits per heavy atom. The molecule has 4 aromatic rings. The Morgan fingerprint density at radius 3 is 2.70 bits per heavy atom. The molecule has 27 heavy (non-hydrogen) atoms. The molecule has 0 fully saturated rings. The number of aromatic nitrogens is 2. The minimum Gasteiger partial charge on any atom is -0.339 e. The van der Waals surface area contributed by atoms with Crippen LogP contribution < -0.4 is 5.32 Å². The van der Waals surface area contributed by atoms with Gasteiger partial charge in [0.2, 0.25) is 0 Å². The number of nitro groups is 1. The molecule has 0 aliphatic carbocycles. The van der Waals surface area contributed by atoms with Crippen molar-refractivity contribution in [3.63, 3.8) is 0 Å². The lowest BCUT2D eigenvalue weighted by Gasteiger charge is -2.10. The fourth-order valence-electron chi connectivity index (χ4n) is 3.12. The zero-order valence-electron chi connectivity index (χ0n) is 14.8. The van der Waals surface area contributed by atoms with Gasteiger partial charge in [0.25, 0.3) is 5.69 Å². The molecule has 7 heteroatoms. The lowest BCUT2D eigenvalue weighted by Crippen LogP contribution is -1.97. The topological polar surface area (TPSA) is 81.0 Å². The summed E-state index contributed by atoms with van der Waals surface area (Å²) in [5.74, 6) is 0.636. The first-order chi connectivity index (χ1) is 13.0. The molecule has 4 rings (SSSR count). The van der Waals surface area contributed by atoms with Crippen LogP contribution in [0.2, 0.25) is 0 Å². The van der Waals surface area contributed by atoms with Crippen molar-refractivity contribution in [1.82, 2.24) is 9.97 Å². The first kappa shape index (κ1) is 17.1. The highest BCUT2D eigenvalue weighted by Crippen LogP contribution is 2.39. The van der Waals surface area contributed by atoms with Gasteiger partial charge in [-0.1, -0.05) is 29.8 Å². The van der Waals surface area contributed by atoms with Gasteiger partial charge in [-0.15, -0.1) is 11.3 Å². The van der Waals surface area contributed by atoms with Crippen molar-refractivity contribution in [2.75, 3.05) is 5.32 Å². The quantitative estimate of drug-likeness (QED) is 0.369. The average molecular weight is 376 g/mol. The van der Waals surface area contributed by atoms with E-state index in [9.17, 15) is 10.1 Å². The van der Waals surface area contributed by atoms with Crippen LogP contribution in [0, 0.1) is 24.0 Å². The first-order valence-electron chi connectivity index (χ1n) is 8.34. The molecule has 0 atom stereocenters. The average Bonchev–Trinajstić information content (AvgIpc) is 3.07. The van der Waals surface area contributed by atoms with Gasteiger partial charge in [-0.05, 0) is 31.0 Å². The van der Waals surface area contributed by atoms with Crippen LogP contribution in [0.15, 0.2) is 54.2 Å². The highest BCUT2D eigenvalue weighted by molar-refractivity contribution is 7.17. The van der Waals surface area contributed by atoms with Gasteiger partial charge in [0.15, 0.2) is 0 Å². The second kappa shape index (κ2) is 6.77. The molecule has 1 N–H and O–H groups in total. The van der Waals surface area contributed by atoms with Gasteiger partial charge in [-0.3, -0.25) is 10.1 Å². The second-order valence-corrected chi connectivity index (χ2v) is 7.16. The SMILES string of the molecule is Cc1ccc(-c2csc3ncnc(Nc4cccc([N+](=O)[O-])c4)c23)c(C)c1. The zero-order chi connectivity index (χ0) is 19.0. The van der Waals surface area contributed by atoms with Crippen LogP contribution in [-0.2, 0) is 0 Å². The molecule has 0 amide bonds. The van der Waals surface area contributed by atoms with Gasteiger partial charge in [0.1, 0.15) is 17.0 Å². The molecule has 0 saturated carbocycles. The van der Waals surface area contributed by atoms with Crippen molar-refractivity contribution in [2.24, 2.45) is 0 Å². The number of benzene rings is 2. The van der Waals surface area contributed by atoms with Crippen molar-refractivity contribution in [2.45, 2.75) is 13.8 Å². The highest BCUT2D eigenvalue weighted by atomic mass is 32.1. The molecule has 0 radical (unpaired) electrons. The molecule has 6 nitrogen and oxygen atoms in total. The Labute approximate surface area is 159 Å². The van der Waals surface area contributed by atoms with Gasteiger partial charge < -0.3 is 5.32 Å². The number of nitro benzene ring substituents is 1. The molecular formula is C20H16N4O2S. The molecule has 2 aromatic heterocycles. The van der Waals surface area contributed by atoms with Crippen molar-refractivity contribution >= 4 is 38.7 Å². The third-order valence-corrected chi connectivity index (χ3v) is 5.25. The van der Waals surface area contributed by atoms with E-state index in [0.29, 0.717) is 11.5 Å². The van der Waals surface area contributed by atoms with Gasteiger partial charge in [0.05, 0.1) is 10.3 Å². The van der Waals surface area contributed by atoms with E-state index in [1.165, 1.54) is 29.6 Å². The number of thiophene rings is 1. The molecule has 0 spiro atoms. The van der Waals surface area contributed by atoms with E-state index in [1.807, 2.05) is 0 Å². The predicted molar refractivity (Wildman–Crippen MR) is 109 cm³/mol. The predicted octanol–water partition coefficient (Wildman–Crippen LogP) is 5.63. The van der Waals surface area contributed by atoms with Crippen LogP contribution in [0.1, 0.15) is 11.1 Å². The number of anilines is 2. The van der Waals surface area contributed by atoms with Crippen molar-refractivity contribution < 1.29 is 4.92 Å². The minimum atomic E-state index is -0.410. The maximum Gasteiger partial charge on any atom is 0.271 e. The smallest absolute Gasteiger partial charge is 0.271 e. The van der Waals surface area contributed by atoms with Gasteiger partial charge in [0, 0.05) is 28.8 Å². The van der Waals surface area contributed by atoms with Crippen LogP contribution in [0.4, 0.5) is 17.2 Å². The third-order valence-electron chi connectivity index (χ3n) is 4.36. The van der Waals surface area contributed by atoms with E-state index in [2.05, 4.69) is 52.7 Å². The summed E-state index contributed by atoms with van der Waals surface area (Å²) in [7, 11) is 0. The van der Waals surface area contributed by atoms with E-state index in [-0.39, 0.29) is 5.69 Å². The van der Waals surface area contributed by atoms with Gasteiger partial charge in [-0.2, -0.15) is 0 Å². The summed E-state index contributed by atoms with van der Waals surface area (Å²) >= 11 is 1.56. The van der Waals surface area contributed by atoms with E-state index >= 15 is 0 Å². The van der Waals surface area contributed by atoms with Gasteiger partial charge >= 0.3 is 0 Å². The Balaban J connectivity index is 1.83. The Bertz CT molecular complexity index is 1170. The van der Waals surface area contributed by atoms with E-state index in [4.69, 9.17) is 0 Å². The summed E-state index contributed by atoms with van der Waals surface area (Å²) in [6, 6.07) is 12.7. The number of rotatable bonds is 4. The number of hydrogen-bond acceptors (Lipinski definition) is 6. The standard InChI is InChI=1S/C20H16N4O2S/c1-12-6-7-16(13(2)8-12)17-10-27-20-18(17)19(21-11-22-20)23-14-4-3-5-15(9-14)24(25)26/h3-11H,1-2H3,(H,21,22,23). The zero-order valence-corrected chi connectivity index (χ0v) is 15.6. The first-order valence-corrected chi connectivity index (χ1v) is 9.22. The Kier molecular flexibility index (Phi) is 4.29. The molecule has 0 unspecified atom stereocenters. The van der Waals surface area contributed by atoms with Gasteiger partial charge in [-0.25, -0.2) is 9.97 Å². The van der Waals surface area contributed by atoms with Crippen molar-refractivity contribution in [3.05, 3.63) is 75.4 Å². The number of nitrogens with zero attached hydrogens (tertiary/aromatic N) is 3. The lowest BCUT2D eigenvalue weighted by molar-refractivity contribution is -0.384. The largest absolute Gasteiger partial charge is 0.339 e. The summed E-state index contributed by atoms with van der Waals surface area (Å²) in [5, 5.41) is 17.3. The fourth-order valence-corrected chi connectivity index (χ4v) is 4.02. The lowest BCUT2D eigenvalue weighted by atomic mass is 9.99. The summed E-state index contributed by atoms with van der Waals surface area (Å²) in [5.41, 5.74) is 5.22.